The summed E-state index contributed by atoms with van der Waals surface area (Å²) in [6.07, 6.45) is 1.75. The minimum Gasteiger partial charge on any atom is -0.363 e. The van der Waals surface area contributed by atoms with Gasteiger partial charge in [0.2, 0.25) is 0 Å². The molecular weight excluding hydrogens is 254 g/mol. The molecule has 94 valence electrons. The first-order valence-electron chi connectivity index (χ1n) is 6.07. The molecule has 2 aromatic carbocycles. The molecule has 0 unspecified atom stereocenters. The van der Waals surface area contributed by atoms with Crippen LogP contribution < -0.4 is 5.32 Å². The van der Waals surface area contributed by atoms with Gasteiger partial charge in [0.05, 0.1) is 12.2 Å². The molecule has 19 heavy (non-hydrogen) atoms. The number of nitrogens with zero attached hydrogens (tertiary/aromatic N) is 2. The van der Waals surface area contributed by atoms with E-state index >= 15 is 0 Å². The van der Waals surface area contributed by atoms with Gasteiger partial charge in [-0.2, -0.15) is 0 Å². The van der Waals surface area contributed by atoms with Gasteiger partial charge in [-0.15, -0.1) is 5.10 Å². The monoisotopic (exact) mass is 267 g/mol. The third-order valence-corrected chi connectivity index (χ3v) is 3.51. The SMILES string of the molecule is c1ccc(C(Nc2cnns2)c2ccccc2)cc1. The lowest BCUT2D eigenvalue weighted by molar-refractivity contribution is 0.943. The molecule has 3 rings (SSSR count). The van der Waals surface area contributed by atoms with Gasteiger partial charge < -0.3 is 5.32 Å². The third kappa shape index (κ3) is 2.80. The molecule has 0 saturated carbocycles. The van der Waals surface area contributed by atoms with E-state index in [1.54, 1.807) is 6.20 Å². The fourth-order valence-corrected chi connectivity index (χ4v) is 2.47. The summed E-state index contributed by atoms with van der Waals surface area (Å²) in [5.41, 5.74) is 2.45. The highest BCUT2D eigenvalue weighted by Gasteiger charge is 2.14. The smallest absolute Gasteiger partial charge is 0.130 e. The Bertz CT molecular complexity index is 569. The zero-order chi connectivity index (χ0) is 12.9. The molecule has 0 aliphatic rings. The Morgan fingerprint density at radius 2 is 1.42 bits per heavy atom. The number of benzene rings is 2. The molecule has 0 bridgehead atoms. The maximum Gasteiger partial charge on any atom is 0.130 e. The summed E-state index contributed by atoms with van der Waals surface area (Å²) in [4.78, 5) is 0. The van der Waals surface area contributed by atoms with Crippen molar-refractivity contribution < 1.29 is 0 Å². The van der Waals surface area contributed by atoms with Crippen LogP contribution in [0.3, 0.4) is 0 Å². The first-order valence-corrected chi connectivity index (χ1v) is 6.84. The van der Waals surface area contributed by atoms with Gasteiger partial charge in [-0.05, 0) is 11.1 Å². The third-order valence-electron chi connectivity index (χ3n) is 2.91. The molecule has 1 heterocycles. The van der Waals surface area contributed by atoms with Gasteiger partial charge in [-0.1, -0.05) is 65.2 Å². The minimum atomic E-state index is 0.115. The van der Waals surface area contributed by atoms with Gasteiger partial charge in [0.25, 0.3) is 0 Å². The molecule has 0 aliphatic heterocycles. The molecular formula is C15H13N3S. The number of anilines is 1. The van der Waals surface area contributed by atoms with E-state index in [4.69, 9.17) is 0 Å². The second-order valence-electron chi connectivity index (χ2n) is 4.18. The van der Waals surface area contributed by atoms with Crippen LogP contribution in [0.15, 0.2) is 66.9 Å². The molecule has 0 atom stereocenters. The van der Waals surface area contributed by atoms with E-state index in [1.807, 2.05) is 12.1 Å². The summed E-state index contributed by atoms with van der Waals surface area (Å²) in [5.74, 6) is 0. The highest BCUT2D eigenvalue weighted by Crippen LogP contribution is 2.27. The van der Waals surface area contributed by atoms with Crippen molar-refractivity contribution >= 4 is 16.5 Å². The zero-order valence-corrected chi connectivity index (χ0v) is 11.0. The van der Waals surface area contributed by atoms with Crippen molar-refractivity contribution in [2.45, 2.75) is 6.04 Å². The van der Waals surface area contributed by atoms with Crippen molar-refractivity contribution in [3.63, 3.8) is 0 Å². The average molecular weight is 267 g/mol. The molecule has 1 aromatic heterocycles. The van der Waals surface area contributed by atoms with Crippen molar-refractivity contribution in [2.75, 3.05) is 5.32 Å². The van der Waals surface area contributed by atoms with Crippen LogP contribution in [0.4, 0.5) is 5.00 Å². The molecule has 0 amide bonds. The molecule has 0 spiro atoms. The number of hydrogen-bond acceptors (Lipinski definition) is 4. The van der Waals surface area contributed by atoms with Gasteiger partial charge in [0.1, 0.15) is 5.00 Å². The van der Waals surface area contributed by atoms with E-state index in [-0.39, 0.29) is 6.04 Å². The Kier molecular flexibility index (Phi) is 3.51. The average Bonchev–Trinajstić information content (AvgIpc) is 3.00. The van der Waals surface area contributed by atoms with E-state index in [2.05, 4.69) is 63.4 Å². The standard InChI is InChI=1S/C15H13N3S/c1-3-7-12(8-4-1)15(13-9-5-2-6-10-13)17-14-11-16-18-19-14/h1-11,15,17H. The van der Waals surface area contributed by atoms with Crippen LogP contribution in [0.1, 0.15) is 17.2 Å². The van der Waals surface area contributed by atoms with E-state index in [0.29, 0.717) is 0 Å². The molecule has 1 N–H and O–H groups in total. The summed E-state index contributed by atoms with van der Waals surface area (Å²) in [7, 11) is 0. The Morgan fingerprint density at radius 3 is 1.89 bits per heavy atom. The molecule has 3 nitrogen and oxygen atoms in total. The van der Waals surface area contributed by atoms with Gasteiger partial charge in [0.15, 0.2) is 0 Å². The summed E-state index contributed by atoms with van der Waals surface area (Å²) in [6, 6.07) is 20.9. The number of nitrogens with one attached hydrogen (secondary N) is 1. The normalized spacial score (nSPS) is 10.6. The molecule has 0 fully saturated rings. The first kappa shape index (κ1) is 11.9. The zero-order valence-electron chi connectivity index (χ0n) is 10.2. The molecule has 4 heteroatoms. The predicted octanol–water partition coefficient (Wildman–Crippen LogP) is 3.74. The topological polar surface area (TPSA) is 37.8 Å². The van der Waals surface area contributed by atoms with E-state index in [0.717, 1.165) is 5.00 Å². The summed E-state index contributed by atoms with van der Waals surface area (Å²) in [5, 5.41) is 8.32. The van der Waals surface area contributed by atoms with Gasteiger partial charge in [-0.25, -0.2) is 0 Å². The van der Waals surface area contributed by atoms with E-state index < -0.39 is 0 Å². The quantitative estimate of drug-likeness (QED) is 0.782. The second-order valence-corrected chi connectivity index (χ2v) is 4.97. The Hall–Kier alpha value is -2.20. The van der Waals surface area contributed by atoms with Crippen molar-refractivity contribution in [3.05, 3.63) is 78.0 Å². The molecule has 0 radical (unpaired) electrons. The Labute approximate surface area is 116 Å². The fourth-order valence-electron chi connectivity index (χ4n) is 2.02. The molecule has 0 aliphatic carbocycles. The lowest BCUT2D eigenvalue weighted by Crippen LogP contribution is -2.11. The molecule has 3 aromatic rings. The van der Waals surface area contributed by atoms with Crippen LogP contribution in [0.5, 0.6) is 0 Å². The van der Waals surface area contributed by atoms with Crippen molar-refractivity contribution in [1.29, 1.82) is 0 Å². The van der Waals surface area contributed by atoms with E-state index in [1.165, 1.54) is 22.7 Å². The predicted molar refractivity (Wildman–Crippen MR) is 78.3 cm³/mol. The first-order chi connectivity index (χ1) is 9.43. The lowest BCUT2D eigenvalue weighted by Gasteiger charge is -2.19. The summed E-state index contributed by atoms with van der Waals surface area (Å²) < 4.78 is 3.89. The van der Waals surface area contributed by atoms with Crippen molar-refractivity contribution in [1.82, 2.24) is 9.59 Å². The summed E-state index contributed by atoms with van der Waals surface area (Å²) in [6.45, 7) is 0. The maximum atomic E-state index is 3.89. The van der Waals surface area contributed by atoms with Crippen molar-refractivity contribution in [2.24, 2.45) is 0 Å². The minimum absolute atomic E-state index is 0.115. The van der Waals surface area contributed by atoms with Gasteiger partial charge in [-0.3, -0.25) is 0 Å². The Morgan fingerprint density at radius 1 is 0.842 bits per heavy atom. The second kappa shape index (κ2) is 5.63. The van der Waals surface area contributed by atoms with Crippen LogP contribution in [-0.4, -0.2) is 9.59 Å². The highest BCUT2D eigenvalue weighted by atomic mass is 32.1. The van der Waals surface area contributed by atoms with E-state index in [9.17, 15) is 0 Å². The number of aromatic nitrogens is 2. The largest absolute Gasteiger partial charge is 0.363 e. The fraction of sp³-hybridized carbons (Fsp3) is 0.0667. The van der Waals surface area contributed by atoms with Crippen LogP contribution in [0, 0.1) is 0 Å². The number of hydrogen-bond donors (Lipinski definition) is 1. The lowest BCUT2D eigenvalue weighted by atomic mass is 9.99. The summed E-state index contributed by atoms with van der Waals surface area (Å²) >= 11 is 1.37. The highest BCUT2D eigenvalue weighted by molar-refractivity contribution is 7.09. The van der Waals surface area contributed by atoms with Crippen LogP contribution in [-0.2, 0) is 0 Å². The van der Waals surface area contributed by atoms with Gasteiger partial charge >= 0.3 is 0 Å². The maximum absolute atomic E-state index is 3.89. The van der Waals surface area contributed by atoms with Gasteiger partial charge in [0, 0.05) is 11.5 Å². The van der Waals surface area contributed by atoms with Crippen LogP contribution >= 0.6 is 11.5 Å². The van der Waals surface area contributed by atoms with Crippen LogP contribution in [0.2, 0.25) is 0 Å². The Balaban J connectivity index is 1.96. The number of rotatable bonds is 4. The molecule has 0 saturated heterocycles. The van der Waals surface area contributed by atoms with Crippen molar-refractivity contribution in [3.8, 4) is 0 Å². The van der Waals surface area contributed by atoms with Crippen LogP contribution in [0.25, 0.3) is 0 Å².